The van der Waals surface area contributed by atoms with Crippen molar-refractivity contribution in [2.45, 2.75) is 63.8 Å². The molecule has 1 aromatic heterocycles. The highest BCUT2D eigenvalue weighted by molar-refractivity contribution is 5.90. The Morgan fingerprint density at radius 1 is 1.16 bits per heavy atom. The van der Waals surface area contributed by atoms with E-state index >= 15 is 0 Å². The third-order valence-electron chi connectivity index (χ3n) is 7.86. The molecule has 5 rings (SSSR count). The summed E-state index contributed by atoms with van der Waals surface area (Å²) in [5, 5.41) is 3.55. The molecule has 11 heteroatoms. The quantitative estimate of drug-likeness (QED) is 0.588. The van der Waals surface area contributed by atoms with Crippen molar-refractivity contribution in [1.82, 2.24) is 19.6 Å². The van der Waals surface area contributed by atoms with Crippen LogP contribution in [0.15, 0.2) is 35.3 Å². The molecule has 0 N–H and O–H groups in total. The van der Waals surface area contributed by atoms with Gasteiger partial charge in [0.15, 0.2) is 17.6 Å². The minimum atomic E-state index is -4.55. The maximum atomic E-state index is 13.3. The number of ether oxygens (including phenoxy) is 1. The van der Waals surface area contributed by atoms with Crippen LogP contribution >= 0.6 is 0 Å². The summed E-state index contributed by atoms with van der Waals surface area (Å²) in [5.74, 6) is 0.230. The Hall–Kier alpha value is -3.37. The molecule has 3 heterocycles. The summed E-state index contributed by atoms with van der Waals surface area (Å²) in [5.41, 5.74) is 1.78. The van der Waals surface area contributed by atoms with E-state index in [0.717, 1.165) is 30.0 Å². The molecule has 1 aliphatic carbocycles. The standard InChI is InChI=1S/C27H32F3N5O3/c1-17-14-23(27(28,29)30)32-35(17)15-24(36)34-12-10-19(11-13-34)25-31-21(16-38-25)26(37)33(2)22-9-5-7-18-6-3-4-8-20(18)22/h3-4,6,8,14,19,21-22H,5,7,9-13,15-16H2,1-2H3/t21?,22-/m1/s1. The second-order valence-electron chi connectivity index (χ2n) is 10.3. The first-order valence-corrected chi connectivity index (χ1v) is 13.1. The van der Waals surface area contributed by atoms with Crippen LogP contribution in [-0.2, 0) is 33.5 Å². The predicted molar refractivity (Wildman–Crippen MR) is 133 cm³/mol. The lowest BCUT2D eigenvalue weighted by molar-refractivity contribution is -0.142. The molecular weight excluding hydrogens is 499 g/mol. The van der Waals surface area contributed by atoms with Crippen LogP contribution in [0, 0.1) is 12.8 Å². The zero-order chi connectivity index (χ0) is 27.0. The number of piperidine rings is 1. The van der Waals surface area contributed by atoms with E-state index in [1.165, 1.54) is 18.1 Å². The van der Waals surface area contributed by atoms with E-state index in [1.807, 2.05) is 19.2 Å². The number of nitrogens with zero attached hydrogens (tertiary/aromatic N) is 5. The van der Waals surface area contributed by atoms with E-state index < -0.39 is 17.9 Å². The van der Waals surface area contributed by atoms with Crippen LogP contribution in [0.3, 0.4) is 0 Å². The van der Waals surface area contributed by atoms with Crippen LogP contribution in [0.5, 0.6) is 0 Å². The highest BCUT2D eigenvalue weighted by Crippen LogP contribution is 2.34. The van der Waals surface area contributed by atoms with Crippen molar-refractivity contribution < 1.29 is 27.5 Å². The maximum Gasteiger partial charge on any atom is 0.435 e. The number of alkyl halides is 3. The topological polar surface area (TPSA) is 80.0 Å². The molecule has 8 nitrogen and oxygen atoms in total. The number of amides is 2. The number of aromatic nitrogens is 2. The number of carbonyl (C=O) groups excluding carboxylic acids is 2. The van der Waals surface area contributed by atoms with Crippen LogP contribution in [0.2, 0.25) is 0 Å². The summed E-state index contributed by atoms with van der Waals surface area (Å²) < 4.78 is 45.7. The van der Waals surface area contributed by atoms with E-state index in [2.05, 4.69) is 22.2 Å². The van der Waals surface area contributed by atoms with Gasteiger partial charge in [-0.3, -0.25) is 14.3 Å². The number of aryl methyl sites for hydroxylation is 2. The number of likely N-dealkylation sites (tertiary alicyclic amines) is 1. The summed E-state index contributed by atoms with van der Waals surface area (Å²) in [6.45, 7) is 2.36. The second kappa shape index (κ2) is 10.4. The molecule has 2 aliphatic heterocycles. The number of rotatable bonds is 5. The lowest BCUT2D eigenvalue weighted by Gasteiger charge is -2.34. The molecule has 2 atom stereocenters. The molecule has 0 bridgehead atoms. The number of benzene rings is 1. The number of fused-ring (bicyclic) bond motifs is 1. The van der Waals surface area contributed by atoms with Crippen LogP contribution in [0.4, 0.5) is 13.2 Å². The van der Waals surface area contributed by atoms with Gasteiger partial charge in [0.2, 0.25) is 5.91 Å². The van der Waals surface area contributed by atoms with Gasteiger partial charge in [0.25, 0.3) is 5.91 Å². The number of carbonyl (C=O) groups is 2. The number of halogens is 3. The zero-order valence-corrected chi connectivity index (χ0v) is 21.6. The molecule has 0 radical (unpaired) electrons. The Morgan fingerprint density at radius 3 is 2.61 bits per heavy atom. The Labute approximate surface area is 219 Å². The van der Waals surface area contributed by atoms with Gasteiger partial charge in [0.05, 0.1) is 6.04 Å². The summed E-state index contributed by atoms with van der Waals surface area (Å²) in [6.07, 6.45) is -0.330. The zero-order valence-electron chi connectivity index (χ0n) is 21.6. The van der Waals surface area contributed by atoms with Gasteiger partial charge in [0.1, 0.15) is 13.2 Å². The Kier molecular flexibility index (Phi) is 7.19. The van der Waals surface area contributed by atoms with E-state index in [4.69, 9.17) is 4.74 Å². The molecule has 1 fully saturated rings. The fraction of sp³-hybridized carbons (Fsp3) is 0.556. The molecule has 0 spiro atoms. The van der Waals surface area contributed by atoms with Gasteiger partial charge in [-0.15, -0.1) is 0 Å². The minimum absolute atomic E-state index is 0.000772. The molecule has 2 amide bonds. The van der Waals surface area contributed by atoms with Gasteiger partial charge < -0.3 is 14.5 Å². The fourth-order valence-electron chi connectivity index (χ4n) is 5.67. The molecule has 38 heavy (non-hydrogen) atoms. The summed E-state index contributed by atoms with van der Waals surface area (Å²) in [4.78, 5) is 34.1. The molecule has 2 aromatic rings. The van der Waals surface area contributed by atoms with Crippen molar-refractivity contribution in [2.75, 3.05) is 26.7 Å². The summed E-state index contributed by atoms with van der Waals surface area (Å²) in [6, 6.07) is 8.67. The first kappa shape index (κ1) is 26.2. The van der Waals surface area contributed by atoms with Gasteiger partial charge in [0, 0.05) is 31.7 Å². The molecule has 1 saturated heterocycles. The molecule has 1 aromatic carbocycles. The Bertz CT molecular complexity index is 1230. The average Bonchev–Trinajstić information content (AvgIpc) is 3.55. The largest absolute Gasteiger partial charge is 0.478 e. The lowest BCUT2D eigenvalue weighted by Crippen LogP contribution is -2.42. The molecule has 1 unspecified atom stereocenters. The number of hydrogen-bond donors (Lipinski definition) is 0. The third kappa shape index (κ3) is 5.28. The molecule has 204 valence electrons. The van der Waals surface area contributed by atoms with Gasteiger partial charge in [-0.2, -0.15) is 18.3 Å². The first-order valence-electron chi connectivity index (χ1n) is 13.1. The smallest absolute Gasteiger partial charge is 0.435 e. The first-order chi connectivity index (χ1) is 18.1. The monoisotopic (exact) mass is 531 g/mol. The number of hydrogen-bond acceptors (Lipinski definition) is 5. The lowest BCUT2D eigenvalue weighted by atomic mass is 9.87. The number of aliphatic imine (C=N–C) groups is 1. The Balaban J connectivity index is 1.16. The average molecular weight is 532 g/mol. The van der Waals surface area contributed by atoms with E-state index in [-0.39, 0.29) is 42.6 Å². The van der Waals surface area contributed by atoms with Gasteiger partial charge in [-0.25, -0.2) is 4.99 Å². The van der Waals surface area contributed by atoms with Crippen molar-refractivity contribution in [2.24, 2.45) is 10.9 Å². The molecule has 3 aliphatic rings. The van der Waals surface area contributed by atoms with Gasteiger partial charge >= 0.3 is 6.18 Å². The van der Waals surface area contributed by atoms with Crippen LogP contribution in [-0.4, -0.2) is 70.1 Å². The van der Waals surface area contributed by atoms with Crippen molar-refractivity contribution in [1.29, 1.82) is 0 Å². The van der Waals surface area contributed by atoms with E-state index in [0.29, 0.717) is 31.8 Å². The summed E-state index contributed by atoms with van der Waals surface area (Å²) >= 11 is 0. The third-order valence-corrected chi connectivity index (χ3v) is 7.86. The van der Waals surface area contributed by atoms with E-state index in [1.54, 1.807) is 9.80 Å². The SMILES string of the molecule is Cc1cc(C(F)(F)F)nn1CC(=O)N1CCC(C2=NC(C(=O)N(C)[C@@H]3CCCc4ccccc43)CO2)CC1. The van der Waals surface area contributed by atoms with Crippen molar-refractivity contribution in [3.63, 3.8) is 0 Å². The number of likely N-dealkylation sites (N-methyl/N-ethyl adjacent to an activating group) is 1. The van der Waals surface area contributed by atoms with Crippen LogP contribution < -0.4 is 0 Å². The van der Waals surface area contributed by atoms with Gasteiger partial charge in [-0.05, 0) is 56.2 Å². The van der Waals surface area contributed by atoms with Crippen molar-refractivity contribution >= 4 is 17.7 Å². The van der Waals surface area contributed by atoms with Crippen molar-refractivity contribution in [3.8, 4) is 0 Å². The molecular formula is C27H32F3N5O3. The fourth-order valence-corrected chi connectivity index (χ4v) is 5.67. The van der Waals surface area contributed by atoms with Crippen LogP contribution in [0.25, 0.3) is 0 Å². The summed E-state index contributed by atoms with van der Waals surface area (Å²) in [7, 11) is 1.84. The Morgan fingerprint density at radius 2 is 1.89 bits per heavy atom. The van der Waals surface area contributed by atoms with Crippen molar-refractivity contribution in [3.05, 3.63) is 52.8 Å². The maximum absolute atomic E-state index is 13.3. The van der Waals surface area contributed by atoms with Crippen LogP contribution in [0.1, 0.15) is 54.2 Å². The van der Waals surface area contributed by atoms with Gasteiger partial charge in [-0.1, -0.05) is 24.3 Å². The minimum Gasteiger partial charge on any atom is -0.478 e. The normalized spacial score (nSPS) is 22.0. The highest BCUT2D eigenvalue weighted by Gasteiger charge is 2.37. The highest BCUT2D eigenvalue weighted by atomic mass is 19.4. The second-order valence-corrected chi connectivity index (χ2v) is 10.3. The predicted octanol–water partition coefficient (Wildman–Crippen LogP) is 3.78. The van der Waals surface area contributed by atoms with E-state index in [9.17, 15) is 22.8 Å². The molecule has 0 saturated carbocycles.